The van der Waals surface area contributed by atoms with Gasteiger partial charge in [-0.2, -0.15) is 0 Å². The van der Waals surface area contributed by atoms with Crippen LogP contribution in [0.25, 0.3) is 0 Å². The summed E-state index contributed by atoms with van der Waals surface area (Å²) in [4.78, 5) is 1.34. The van der Waals surface area contributed by atoms with Crippen molar-refractivity contribution in [1.29, 1.82) is 0 Å². The number of rotatable bonds is 6. The molecule has 0 saturated carbocycles. The normalized spacial score (nSPS) is 10.7. The fourth-order valence-corrected chi connectivity index (χ4v) is 2.20. The van der Waals surface area contributed by atoms with Gasteiger partial charge in [0, 0.05) is 17.1 Å². The van der Waals surface area contributed by atoms with Crippen LogP contribution in [-0.2, 0) is 0 Å². The Labute approximate surface area is 97.7 Å². The van der Waals surface area contributed by atoms with Crippen molar-refractivity contribution in [1.82, 2.24) is 0 Å². The van der Waals surface area contributed by atoms with Gasteiger partial charge in [-0.25, -0.2) is 0 Å². The van der Waals surface area contributed by atoms with Crippen LogP contribution in [0.3, 0.4) is 0 Å². The average Bonchev–Trinajstić information content (AvgIpc) is 2.31. The Hall–Kier alpha value is -0.630. The summed E-state index contributed by atoms with van der Waals surface area (Å²) in [6.07, 6.45) is 4.63. The maximum atomic E-state index is 3.55. The van der Waals surface area contributed by atoms with E-state index in [2.05, 4.69) is 49.7 Å². The molecular formula is C13H21NS. The lowest BCUT2D eigenvalue weighted by atomic mass is 10.0. The van der Waals surface area contributed by atoms with E-state index in [9.17, 15) is 0 Å². The molecule has 0 heterocycles. The quantitative estimate of drug-likeness (QED) is 0.723. The van der Waals surface area contributed by atoms with Crippen molar-refractivity contribution in [2.45, 2.75) is 31.6 Å². The van der Waals surface area contributed by atoms with E-state index in [4.69, 9.17) is 0 Å². The van der Waals surface area contributed by atoms with Gasteiger partial charge < -0.3 is 5.32 Å². The fourth-order valence-electron chi connectivity index (χ4n) is 1.62. The third-order valence-electron chi connectivity index (χ3n) is 2.84. The van der Waals surface area contributed by atoms with Crippen LogP contribution in [0.5, 0.6) is 0 Å². The van der Waals surface area contributed by atoms with Crippen LogP contribution in [0.2, 0.25) is 0 Å². The van der Waals surface area contributed by atoms with Crippen LogP contribution >= 0.6 is 11.8 Å². The number of hydrogen-bond donors (Lipinski definition) is 1. The molecule has 0 aliphatic carbocycles. The Kier molecular flexibility index (Phi) is 5.62. The highest BCUT2D eigenvalue weighted by Crippen LogP contribution is 2.25. The zero-order chi connectivity index (χ0) is 11.1. The Morgan fingerprint density at radius 1 is 1.20 bits per heavy atom. The molecule has 0 aliphatic heterocycles. The molecule has 0 aromatic heterocycles. The van der Waals surface area contributed by atoms with E-state index < -0.39 is 0 Å². The number of anilines is 1. The van der Waals surface area contributed by atoms with Crippen molar-refractivity contribution < 1.29 is 0 Å². The minimum absolute atomic E-state index is 0.792. The molecule has 0 saturated heterocycles. The lowest BCUT2D eigenvalue weighted by molar-refractivity contribution is 0.519. The Bertz CT molecular complexity index is 282. The Morgan fingerprint density at radius 2 is 1.87 bits per heavy atom. The molecular weight excluding hydrogens is 202 g/mol. The number of para-hydroxylation sites is 1. The summed E-state index contributed by atoms with van der Waals surface area (Å²) in [7, 11) is 0. The van der Waals surface area contributed by atoms with Crippen molar-refractivity contribution in [2.75, 3.05) is 18.1 Å². The summed E-state index contributed by atoms with van der Waals surface area (Å²) in [5.41, 5.74) is 1.27. The molecule has 1 nitrogen and oxygen atoms in total. The molecule has 2 heteroatoms. The van der Waals surface area contributed by atoms with Gasteiger partial charge in [0.05, 0.1) is 0 Å². The zero-order valence-electron chi connectivity index (χ0n) is 9.92. The van der Waals surface area contributed by atoms with Crippen molar-refractivity contribution in [3.8, 4) is 0 Å². The second-order valence-electron chi connectivity index (χ2n) is 3.76. The van der Waals surface area contributed by atoms with Crippen molar-refractivity contribution >= 4 is 17.4 Å². The first-order valence-electron chi connectivity index (χ1n) is 5.68. The lowest BCUT2D eigenvalue weighted by Crippen LogP contribution is -2.13. The predicted molar refractivity (Wildman–Crippen MR) is 70.8 cm³/mol. The van der Waals surface area contributed by atoms with Crippen molar-refractivity contribution in [2.24, 2.45) is 5.92 Å². The summed E-state index contributed by atoms with van der Waals surface area (Å²) in [5.74, 6) is 0.792. The monoisotopic (exact) mass is 223 g/mol. The van der Waals surface area contributed by atoms with Gasteiger partial charge in [-0.05, 0) is 24.3 Å². The molecule has 1 N–H and O–H groups in total. The van der Waals surface area contributed by atoms with E-state index >= 15 is 0 Å². The summed E-state index contributed by atoms with van der Waals surface area (Å²) in [5, 5.41) is 3.55. The summed E-state index contributed by atoms with van der Waals surface area (Å²) in [6.45, 7) is 5.61. The Balaban J connectivity index is 2.56. The minimum atomic E-state index is 0.792. The number of benzene rings is 1. The molecule has 0 radical (unpaired) electrons. The first-order valence-corrected chi connectivity index (χ1v) is 6.91. The average molecular weight is 223 g/mol. The number of hydrogen-bond acceptors (Lipinski definition) is 2. The van der Waals surface area contributed by atoms with Crippen LogP contribution in [-0.4, -0.2) is 12.8 Å². The lowest BCUT2D eigenvalue weighted by Gasteiger charge is -2.16. The van der Waals surface area contributed by atoms with Gasteiger partial charge in [-0.3, -0.25) is 0 Å². The first kappa shape index (κ1) is 12.4. The first-order chi connectivity index (χ1) is 7.31. The molecule has 0 spiro atoms. The largest absolute Gasteiger partial charge is 0.384 e. The zero-order valence-corrected chi connectivity index (χ0v) is 10.7. The third-order valence-corrected chi connectivity index (χ3v) is 3.64. The molecule has 0 aliphatic rings. The molecule has 1 aromatic carbocycles. The van der Waals surface area contributed by atoms with Gasteiger partial charge in [0.2, 0.25) is 0 Å². The van der Waals surface area contributed by atoms with Gasteiger partial charge in [0.15, 0.2) is 0 Å². The van der Waals surface area contributed by atoms with Crippen LogP contribution in [0.4, 0.5) is 5.69 Å². The Morgan fingerprint density at radius 3 is 2.47 bits per heavy atom. The topological polar surface area (TPSA) is 12.0 Å². The maximum absolute atomic E-state index is 3.55. The number of thioether (sulfide) groups is 1. The second-order valence-corrected chi connectivity index (χ2v) is 4.61. The molecule has 15 heavy (non-hydrogen) atoms. The van der Waals surface area contributed by atoms with Crippen LogP contribution < -0.4 is 5.32 Å². The van der Waals surface area contributed by atoms with Gasteiger partial charge in [-0.1, -0.05) is 38.8 Å². The molecule has 1 aromatic rings. The molecule has 0 atom stereocenters. The highest BCUT2D eigenvalue weighted by atomic mass is 32.2. The standard InChI is InChI=1S/C13H21NS/c1-4-11(5-2)10-14-12-8-6-7-9-13(12)15-3/h6-9,11,14H,4-5,10H2,1-3H3. The van der Waals surface area contributed by atoms with E-state index in [1.54, 1.807) is 11.8 Å². The molecule has 0 amide bonds. The SMILES string of the molecule is CCC(CC)CNc1ccccc1SC. The van der Waals surface area contributed by atoms with Crippen molar-refractivity contribution in [3.63, 3.8) is 0 Å². The van der Waals surface area contributed by atoms with Gasteiger partial charge in [0.1, 0.15) is 0 Å². The van der Waals surface area contributed by atoms with E-state index in [1.165, 1.54) is 23.4 Å². The second kappa shape index (κ2) is 6.78. The van der Waals surface area contributed by atoms with E-state index in [0.29, 0.717) is 0 Å². The predicted octanol–water partition coefficient (Wildman–Crippen LogP) is 4.26. The third kappa shape index (κ3) is 3.78. The number of nitrogens with one attached hydrogen (secondary N) is 1. The summed E-state index contributed by atoms with van der Waals surface area (Å²) < 4.78 is 0. The molecule has 1 rings (SSSR count). The highest BCUT2D eigenvalue weighted by molar-refractivity contribution is 7.98. The van der Waals surface area contributed by atoms with Gasteiger partial charge >= 0.3 is 0 Å². The smallest absolute Gasteiger partial charge is 0.0478 e. The van der Waals surface area contributed by atoms with Crippen molar-refractivity contribution in [3.05, 3.63) is 24.3 Å². The molecule has 0 fully saturated rings. The minimum Gasteiger partial charge on any atom is -0.384 e. The molecule has 0 unspecified atom stereocenters. The van der Waals surface area contributed by atoms with Gasteiger partial charge in [-0.15, -0.1) is 11.8 Å². The van der Waals surface area contributed by atoms with E-state index in [0.717, 1.165) is 12.5 Å². The van der Waals surface area contributed by atoms with Crippen LogP contribution in [0.1, 0.15) is 26.7 Å². The van der Waals surface area contributed by atoms with E-state index in [1.807, 2.05) is 0 Å². The van der Waals surface area contributed by atoms with Crippen LogP contribution in [0, 0.1) is 5.92 Å². The van der Waals surface area contributed by atoms with Crippen LogP contribution in [0.15, 0.2) is 29.2 Å². The summed E-state index contributed by atoms with van der Waals surface area (Å²) >= 11 is 1.80. The molecule has 84 valence electrons. The van der Waals surface area contributed by atoms with Gasteiger partial charge in [0.25, 0.3) is 0 Å². The maximum Gasteiger partial charge on any atom is 0.0478 e. The fraction of sp³-hybridized carbons (Fsp3) is 0.538. The molecule has 0 bridgehead atoms. The van der Waals surface area contributed by atoms with E-state index in [-0.39, 0.29) is 0 Å². The highest BCUT2D eigenvalue weighted by Gasteiger charge is 2.04. The summed E-state index contributed by atoms with van der Waals surface area (Å²) in [6, 6.07) is 8.51.